The summed E-state index contributed by atoms with van der Waals surface area (Å²) in [6, 6.07) is 7.82. The first kappa shape index (κ1) is 15.2. The SMILES string of the molecule is CCn1cnnc1CCNc1ccc2cc(Br)cc(Cl)c2n1. The van der Waals surface area contributed by atoms with Gasteiger partial charge in [-0.2, -0.15) is 0 Å². The van der Waals surface area contributed by atoms with Crippen LogP contribution >= 0.6 is 27.5 Å². The van der Waals surface area contributed by atoms with Gasteiger partial charge in [0.25, 0.3) is 0 Å². The number of aromatic nitrogens is 4. The van der Waals surface area contributed by atoms with E-state index in [0.29, 0.717) is 5.02 Å². The van der Waals surface area contributed by atoms with Crippen LogP contribution < -0.4 is 5.32 Å². The van der Waals surface area contributed by atoms with Gasteiger partial charge in [0.1, 0.15) is 18.0 Å². The summed E-state index contributed by atoms with van der Waals surface area (Å²) >= 11 is 9.68. The van der Waals surface area contributed by atoms with Gasteiger partial charge in [0.05, 0.1) is 10.5 Å². The number of aryl methyl sites for hydroxylation is 1. The van der Waals surface area contributed by atoms with E-state index in [1.807, 2.05) is 28.8 Å². The Morgan fingerprint density at radius 2 is 2.18 bits per heavy atom. The summed E-state index contributed by atoms with van der Waals surface area (Å²) in [6.07, 6.45) is 2.54. The van der Waals surface area contributed by atoms with E-state index in [2.05, 4.69) is 43.4 Å². The van der Waals surface area contributed by atoms with E-state index >= 15 is 0 Å². The highest BCUT2D eigenvalue weighted by molar-refractivity contribution is 9.10. The quantitative estimate of drug-likeness (QED) is 0.729. The fraction of sp³-hybridized carbons (Fsp3) is 0.267. The summed E-state index contributed by atoms with van der Waals surface area (Å²) in [5, 5.41) is 13.0. The van der Waals surface area contributed by atoms with Crippen LogP contribution in [0.25, 0.3) is 10.9 Å². The number of nitrogens with zero attached hydrogens (tertiary/aromatic N) is 4. The fourth-order valence-corrected chi connectivity index (χ4v) is 3.17. The van der Waals surface area contributed by atoms with Crippen LogP contribution in [-0.4, -0.2) is 26.3 Å². The molecule has 0 aliphatic carbocycles. The van der Waals surface area contributed by atoms with Crippen LogP contribution in [0.3, 0.4) is 0 Å². The Labute approximate surface area is 141 Å². The molecular formula is C15H15BrClN5. The van der Waals surface area contributed by atoms with Gasteiger partial charge >= 0.3 is 0 Å². The molecule has 114 valence electrons. The number of hydrogen-bond donors (Lipinski definition) is 1. The molecule has 0 bridgehead atoms. The van der Waals surface area contributed by atoms with Crippen molar-refractivity contribution in [2.24, 2.45) is 0 Å². The average molecular weight is 381 g/mol. The number of rotatable bonds is 5. The van der Waals surface area contributed by atoms with Crippen molar-refractivity contribution in [2.75, 3.05) is 11.9 Å². The molecule has 1 N–H and O–H groups in total. The van der Waals surface area contributed by atoms with Gasteiger partial charge in [-0.15, -0.1) is 10.2 Å². The van der Waals surface area contributed by atoms with Gasteiger partial charge in [0.15, 0.2) is 0 Å². The minimum atomic E-state index is 0.638. The van der Waals surface area contributed by atoms with Gasteiger partial charge < -0.3 is 9.88 Å². The summed E-state index contributed by atoms with van der Waals surface area (Å²) in [5.41, 5.74) is 0.798. The Morgan fingerprint density at radius 3 is 3.00 bits per heavy atom. The second-order valence-corrected chi connectivity index (χ2v) is 6.19. The topological polar surface area (TPSA) is 55.6 Å². The molecule has 0 aliphatic heterocycles. The van der Waals surface area contributed by atoms with Gasteiger partial charge in [0.2, 0.25) is 0 Å². The van der Waals surface area contributed by atoms with Gasteiger partial charge in [0, 0.05) is 29.4 Å². The summed E-state index contributed by atoms with van der Waals surface area (Å²) < 4.78 is 2.98. The summed E-state index contributed by atoms with van der Waals surface area (Å²) in [7, 11) is 0. The molecule has 1 aromatic carbocycles. The third kappa shape index (κ3) is 3.23. The second-order valence-electron chi connectivity index (χ2n) is 4.87. The predicted octanol–water partition coefficient (Wildman–Crippen LogP) is 3.92. The van der Waals surface area contributed by atoms with Crippen LogP contribution in [0, 0.1) is 0 Å². The number of anilines is 1. The number of hydrogen-bond acceptors (Lipinski definition) is 4. The molecule has 0 aliphatic rings. The van der Waals surface area contributed by atoms with E-state index in [0.717, 1.165) is 46.5 Å². The number of nitrogens with one attached hydrogen (secondary N) is 1. The smallest absolute Gasteiger partial charge is 0.134 e. The highest BCUT2D eigenvalue weighted by Gasteiger charge is 2.06. The minimum Gasteiger partial charge on any atom is -0.370 e. The Kier molecular flexibility index (Phi) is 4.59. The molecule has 3 rings (SSSR count). The van der Waals surface area contributed by atoms with Gasteiger partial charge in [-0.1, -0.05) is 27.5 Å². The molecule has 5 nitrogen and oxygen atoms in total. The normalized spacial score (nSPS) is 11.0. The highest BCUT2D eigenvalue weighted by atomic mass is 79.9. The lowest BCUT2D eigenvalue weighted by Crippen LogP contribution is -2.10. The Hall–Kier alpha value is -1.66. The number of benzene rings is 1. The maximum Gasteiger partial charge on any atom is 0.134 e. The number of halogens is 2. The summed E-state index contributed by atoms with van der Waals surface area (Å²) in [4.78, 5) is 4.57. The summed E-state index contributed by atoms with van der Waals surface area (Å²) in [6.45, 7) is 3.69. The van der Waals surface area contributed by atoms with Crippen LogP contribution in [0.4, 0.5) is 5.82 Å². The molecule has 7 heteroatoms. The van der Waals surface area contributed by atoms with E-state index in [4.69, 9.17) is 11.6 Å². The van der Waals surface area contributed by atoms with Crippen LogP contribution in [0.15, 0.2) is 35.1 Å². The van der Waals surface area contributed by atoms with Crippen molar-refractivity contribution in [2.45, 2.75) is 19.9 Å². The van der Waals surface area contributed by atoms with Crippen LogP contribution in [0.1, 0.15) is 12.7 Å². The maximum absolute atomic E-state index is 6.25. The molecule has 0 radical (unpaired) electrons. The first-order valence-electron chi connectivity index (χ1n) is 7.03. The molecule has 0 amide bonds. The molecule has 0 atom stereocenters. The molecule has 0 saturated carbocycles. The number of pyridine rings is 1. The van der Waals surface area contributed by atoms with Crippen molar-refractivity contribution in [1.29, 1.82) is 0 Å². The zero-order valence-corrected chi connectivity index (χ0v) is 14.4. The monoisotopic (exact) mass is 379 g/mol. The fourth-order valence-electron chi connectivity index (χ4n) is 2.29. The average Bonchev–Trinajstić information content (AvgIpc) is 2.95. The first-order chi connectivity index (χ1) is 10.7. The zero-order chi connectivity index (χ0) is 15.5. The van der Waals surface area contributed by atoms with Crippen LogP contribution in [0.5, 0.6) is 0 Å². The molecule has 3 aromatic rings. The van der Waals surface area contributed by atoms with Crippen molar-refractivity contribution in [3.63, 3.8) is 0 Å². The van der Waals surface area contributed by atoms with Gasteiger partial charge in [-0.25, -0.2) is 4.98 Å². The van der Waals surface area contributed by atoms with Crippen molar-refractivity contribution in [3.05, 3.63) is 45.9 Å². The van der Waals surface area contributed by atoms with Gasteiger partial charge in [-0.3, -0.25) is 0 Å². The van der Waals surface area contributed by atoms with Crippen molar-refractivity contribution in [1.82, 2.24) is 19.7 Å². The second kappa shape index (κ2) is 6.62. The standard InChI is InChI=1S/C15H15BrClN5/c1-2-22-9-19-21-14(22)5-6-18-13-4-3-10-7-11(16)8-12(17)15(10)20-13/h3-4,7-9H,2,5-6H2,1H3,(H,18,20). The Morgan fingerprint density at radius 1 is 1.32 bits per heavy atom. The lowest BCUT2D eigenvalue weighted by Gasteiger charge is -2.08. The van der Waals surface area contributed by atoms with E-state index in [9.17, 15) is 0 Å². The molecule has 2 heterocycles. The van der Waals surface area contributed by atoms with Crippen molar-refractivity contribution in [3.8, 4) is 0 Å². The number of fused-ring (bicyclic) bond motifs is 1. The Balaban J connectivity index is 1.72. The maximum atomic E-state index is 6.25. The molecular weight excluding hydrogens is 366 g/mol. The minimum absolute atomic E-state index is 0.638. The third-order valence-corrected chi connectivity index (χ3v) is 4.15. The molecule has 22 heavy (non-hydrogen) atoms. The third-order valence-electron chi connectivity index (χ3n) is 3.40. The van der Waals surface area contributed by atoms with Crippen LogP contribution in [-0.2, 0) is 13.0 Å². The van der Waals surface area contributed by atoms with Crippen molar-refractivity contribution < 1.29 is 0 Å². The predicted molar refractivity (Wildman–Crippen MR) is 92.3 cm³/mol. The molecule has 0 saturated heterocycles. The molecule has 0 unspecified atom stereocenters. The zero-order valence-electron chi connectivity index (χ0n) is 12.1. The van der Waals surface area contributed by atoms with E-state index in [1.54, 1.807) is 6.33 Å². The molecule has 2 aromatic heterocycles. The Bertz CT molecular complexity index is 802. The van der Waals surface area contributed by atoms with Crippen molar-refractivity contribution >= 4 is 44.3 Å². The van der Waals surface area contributed by atoms with Gasteiger partial charge in [-0.05, 0) is 31.2 Å². The van der Waals surface area contributed by atoms with E-state index in [-0.39, 0.29) is 0 Å². The van der Waals surface area contributed by atoms with E-state index < -0.39 is 0 Å². The first-order valence-corrected chi connectivity index (χ1v) is 8.21. The van der Waals surface area contributed by atoms with Crippen LogP contribution in [0.2, 0.25) is 5.02 Å². The summed E-state index contributed by atoms with van der Waals surface area (Å²) in [5.74, 6) is 1.78. The highest BCUT2D eigenvalue weighted by Crippen LogP contribution is 2.27. The molecule has 0 spiro atoms. The lowest BCUT2D eigenvalue weighted by molar-refractivity contribution is 0.697. The van der Waals surface area contributed by atoms with E-state index in [1.165, 1.54) is 0 Å². The lowest BCUT2D eigenvalue weighted by atomic mass is 10.2. The molecule has 0 fully saturated rings. The largest absolute Gasteiger partial charge is 0.370 e.